The molecule has 0 spiro atoms. The fraction of sp³-hybridized carbons (Fsp3) is 0.808. The molecule has 190 valence electrons. The van der Waals surface area contributed by atoms with Crippen LogP contribution in [0.5, 0.6) is 0 Å². The minimum atomic E-state index is -0.620. The lowest BCUT2D eigenvalue weighted by atomic mass is 9.95. The highest BCUT2D eigenvalue weighted by Gasteiger charge is 2.36. The van der Waals surface area contributed by atoms with E-state index in [1.807, 2.05) is 40.7 Å². The summed E-state index contributed by atoms with van der Waals surface area (Å²) < 4.78 is 5.12. The van der Waals surface area contributed by atoms with Crippen LogP contribution in [0.25, 0.3) is 0 Å². The molecule has 7 nitrogen and oxygen atoms in total. The lowest BCUT2D eigenvalue weighted by Gasteiger charge is -2.39. The molecule has 1 aliphatic heterocycles. The van der Waals surface area contributed by atoms with Gasteiger partial charge in [-0.05, 0) is 65.8 Å². The van der Waals surface area contributed by atoms with Crippen molar-refractivity contribution < 1.29 is 19.1 Å². The van der Waals surface area contributed by atoms with Gasteiger partial charge in [0, 0.05) is 18.2 Å². The van der Waals surface area contributed by atoms with E-state index in [2.05, 4.69) is 24.1 Å². The minimum absolute atomic E-state index is 0.0606. The van der Waals surface area contributed by atoms with Crippen LogP contribution < -0.4 is 5.32 Å². The van der Waals surface area contributed by atoms with E-state index >= 15 is 0 Å². The molecule has 1 fully saturated rings. The predicted octanol–water partition coefficient (Wildman–Crippen LogP) is 3.77. The zero-order valence-corrected chi connectivity index (χ0v) is 22.3. The lowest BCUT2D eigenvalue weighted by Crippen LogP contribution is -2.59. The summed E-state index contributed by atoms with van der Waals surface area (Å²) in [5.41, 5.74) is 0.488. The quantitative estimate of drug-likeness (QED) is 0.371. The van der Waals surface area contributed by atoms with E-state index in [0.717, 1.165) is 25.8 Å². The Labute approximate surface area is 201 Å². The molecule has 0 aromatic heterocycles. The number of esters is 1. The van der Waals surface area contributed by atoms with Crippen LogP contribution in [-0.4, -0.2) is 71.4 Å². The smallest absolute Gasteiger partial charge is 0.333 e. The topological polar surface area (TPSA) is 79.0 Å². The van der Waals surface area contributed by atoms with E-state index in [4.69, 9.17) is 4.74 Å². The number of hydrogen-bond acceptors (Lipinski definition) is 5. The molecule has 1 rings (SSSR count). The van der Waals surface area contributed by atoms with Crippen LogP contribution in [0.15, 0.2) is 11.6 Å². The van der Waals surface area contributed by atoms with Gasteiger partial charge in [0.1, 0.15) is 6.04 Å². The Bertz CT molecular complexity index is 687. The number of ether oxygens (including phenoxy) is 1. The highest BCUT2D eigenvalue weighted by molar-refractivity contribution is 5.91. The number of nitrogens with zero attached hydrogens (tertiary/aromatic N) is 2. The van der Waals surface area contributed by atoms with Crippen molar-refractivity contribution in [3.8, 4) is 0 Å². The third kappa shape index (κ3) is 8.13. The first-order chi connectivity index (χ1) is 15.5. The first-order valence-corrected chi connectivity index (χ1v) is 12.7. The van der Waals surface area contributed by atoms with Gasteiger partial charge in [-0.2, -0.15) is 0 Å². The highest BCUT2D eigenvalue weighted by Crippen LogP contribution is 2.22. The average molecular weight is 466 g/mol. The maximum atomic E-state index is 13.7. The van der Waals surface area contributed by atoms with Crippen LogP contribution in [-0.2, 0) is 19.1 Å². The second kappa shape index (κ2) is 13.7. The monoisotopic (exact) mass is 465 g/mol. The summed E-state index contributed by atoms with van der Waals surface area (Å²) in [4.78, 5) is 43.2. The first kappa shape index (κ1) is 29.1. The molecule has 1 heterocycles. The Morgan fingerprint density at radius 2 is 1.70 bits per heavy atom. The Balaban J connectivity index is 3.14. The average Bonchev–Trinajstić information content (AvgIpc) is 2.76. The Kier molecular flexibility index (Phi) is 12.1. The zero-order chi connectivity index (χ0) is 25.3. The molecule has 0 aromatic rings. The zero-order valence-electron chi connectivity index (χ0n) is 22.3. The second-order valence-corrected chi connectivity index (χ2v) is 10.0. The van der Waals surface area contributed by atoms with Gasteiger partial charge in [-0.25, -0.2) is 4.79 Å². The number of rotatable bonds is 11. The number of nitrogens with one attached hydrogen (secondary N) is 1. The normalized spacial score (nSPS) is 19.5. The summed E-state index contributed by atoms with van der Waals surface area (Å²) >= 11 is 0. The lowest BCUT2D eigenvalue weighted by molar-refractivity contribution is -0.141. The Morgan fingerprint density at radius 1 is 1.06 bits per heavy atom. The van der Waals surface area contributed by atoms with Gasteiger partial charge in [0.05, 0.1) is 18.7 Å². The van der Waals surface area contributed by atoms with E-state index in [0.29, 0.717) is 18.7 Å². The van der Waals surface area contributed by atoms with Crippen molar-refractivity contribution in [1.29, 1.82) is 0 Å². The van der Waals surface area contributed by atoms with Crippen molar-refractivity contribution in [2.24, 2.45) is 11.8 Å². The van der Waals surface area contributed by atoms with Crippen molar-refractivity contribution in [1.82, 2.24) is 15.1 Å². The second-order valence-electron chi connectivity index (χ2n) is 10.0. The third-order valence-electron chi connectivity index (χ3n) is 6.43. The van der Waals surface area contributed by atoms with Gasteiger partial charge in [0.2, 0.25) is 11.8 Å². The number of piperidine rings is 1. The molecule has 7 heteroatoms. The Hall–Kier alpha value is -1.89. The van der Waals surface area contributed by atoms with Gasteiger partial charge in [-0.15, -0.1) is 0 Å². The fourth-order valence-electron chi connectivity index (χ4n) is 4.52. The molecule has 1 saturated heterocycles. The molecule has 33 heavy (non-hydrogen) atoms. The van der Waals surface area contributed by atoms with Crippen LogP contribution in [0.3, 0.4) is 0 Å². The van der Waals surface area contributed by atoms with Gasteiger partial charge in [0.25, 0.3) is 0 Å². The molecule has 0 radical (unpaired) electrons. The maximum Gasteiger partial charge on any atom is 0.333 e. The van der Waals surface area contributed by atoms with Gasteiger partial charge in [-0.1, -0.05) is 40.2 Å². The number of hydrogen-bond donors (Lipinski definition) is 1. The van der Waals surface area contributed by atoms with Crippen LogP contribution in [0, 0.1) is 11.8 Å². The summed E-state index contributed by atoms with van der Waals surface area (Å²) in [6.07, 6.45) is 4.76. The van der Waals surface area contributed by atoms with E-state index < -0.39 is 6.04 Å². The number of carbonyl (C=O) groups excluding carboxylic acids is 3. The summed E-state index contributed by atoms with van der Waals surface area (Å²) in [6.45, 7) is 19.3. The number of amides is 2. The molecular formula is C26H47N3O4. The molecule has 2 amide bonds. The molecule has 1 N–H and O–H groups in total. The number of likely N-dealkylation sites (tertiary alicyclic amines) is 1. The van der Waals surface area contributed by atoms with Crippen molar-refractivity contribution >= 4 is 17.8 Å². The minimum Gasteiger partial charge on any atom is -0.463 e. The van der Waals surface area contributed by atoms with Crippen molar-refractivity contribution in [3.63, 3.8) is 0 Å². The fourth-order valence-corrected chi connectivity index (χ4v) is 4.52. The standard InChI is InChI=1S/C26H47N3O4/c1-10-28(22(17(3)4)16-20(9)26(32)33-11-2)25(31)23(18(5)6)27-24(30)21-14-12-13-15-29(21)19(7)8/h16-19,21-23H,10-15H2,1-9H3,(H,27,30)/b20-16+/t21-,22?,23+/m1/s1. The van der Waals surface area contributed by atoms with Crippen molar-refractivity contribution in [2.45, 2.75) is 106 Å². The largest absolute Gasteiger partial charge is 0.463 e. The highest BCUT2D eigenvalue weighted by atomic mass is 16.5. The predicted molar refractivity (Wildman–Crippen MR) is 133 cm³/mol. The summed E-state index contributed by atoms with van der Waals surface area (Å²) in [6, 6.07) is -0.810. The first-order valence-electron chi connectivity index (χ1n) is 12.7. The third-order valence-corrected chi connectivity index (χ3v) is 6.43. The summed E-state index contributed by atoms with van der Waals surface area (Å²) in [5.74, 6) is -0.511. The maximum absolute atomic E-state index is 13.7. The van der Waals surface area contributed by atoms with Gasteiger partial charge >= 0.3 is 5.97 Å². The van der Waals surface area contributed by atoms with E-state index in [1.165, 1.54) is 0 Å². The molecule has 0 aliphatic carbocycles. The molecule has 0 saturated carbocycles. The molecule has 1 unspecified atom stereocenters. The van der Waals surface area contributed by atoms with E-state index in [-0.39, 0.29) is 47.7 Å². The van der Waals surface area contributed by atoms with Gasteiger partial charge in [-0.3, -0.25) is 14.5 Å². The Morgan fingerprint density at radius 3 is 2.18 bits per heavy atom. The van der Waals surface area contributed by atoms with E-state index in [9.17, 15) is 14.4 Å². The summed E-state index contributed by atoms with van der Waals surface area (Å²) in [5, 5.41) is 3.09. The molecule has 0 aromatic carbocycles. The number of likely N-dealkylation sites (N-methyl/N-ethyl adjacent to an activating group) is 1. The number of carbonyl (C=O) groups is 3. The van der Waals surface area contributed by atoms with Crippen LogP contribution in [0.4, 0.5) is 0 Å². The van der Waals surface area contributed by atoms with Gasteiger partial charge in [0.15, 0.2) is 0 Å². The summed E-state index contributed by atoms with van der Waals surface area (Å²) in [7, 11) is 0. The van der Waals surface area contributed by atoms with Gasteiger partial charge < -0.3 is 15.0 Å². The molecular weight excluding hydrogens is 418 g/mol. The SMILES string of the molecule is CCOC(=O)/C(C)=C/C(C(C)C)N(CC)C(=O)[C@@H](NC(=O)[C@H]1CCCCN1C(C)C)C(C)C. The van der Waals surface area contributed by atoms with Crippen LogP contribution in [0.1, 0.15) is 81.6 Å². The van der Waals surface area contributed by atoms with Crippen molar-refractivity contribution in [2.75, 3.05) is 19.7 Å². The van der Waals surface area contributed by atoms with E-state index in [1.54, 1.807) is 18.7 Å². The van der Waals surface area contributed by atoms with Crippen LogP contribution in [0.2, 0.25) is 0 Å². The van der Waals surface area contributed by atoms with Crippen LogP contribution >= 0.6 is 0 Å². The molecule has 1 aliphatic rings. The van der Waals surface area contributed by atoms with Crippen molar-refractivity contribution in [3.05, 3.63) is 11.6 Å². The molecule has 0 bridgehead atoms. The molecule has 3 atom stereocenters.